The molecule has 0 amide bonds. The van der Waals surface area contributed by atoms with E-state index in [0.717, 1.165) is 22.3 Å². The monoisotopic (exact) mass is 345 g/mol. The number of benzene rings is 3. The molecule has 0 atom stereocenters. The minimum absolute atomic E-state index is 0.236. The van der Waals surface area contributed by atoms with Gasteiger partial charge in [-0.1, -0.05) is 42.5 Å². The zero-order chi connectivity index (χ0) is 17.9. The lowest BCUT2D eigenvalue weighted by Crippen LogP contribution is -2.12. The molecular formula is C21H16FN3O. The highest BCUT2D eigenvalue weighted by atomic mass is 19.1. The highest BCUT2D eigenvalue weighted by molar-refractivity contribution is 5.81. The predicted molar refractivity (Wildman–Crippen MR) is 102 cm³/mol. The average Bonchev–Trinajstić information content (AvgIpc) is 2.67. The number of para-hydroxylation sites is 3. The molecule has 5 heteroatoms. The van der Waals surface area contributed by atoms with Gasteiger partial charge < -0.3 is 10.3 Å². The summed E-state index contributed by atoms with van der Waals surface area (Å²) in [6.07, 6.45) is 0. The second kappa shape index (κ2) is 6.80. The topological polar surface area (TPSA) is 57.8 Å². The van der Waals surface area contributed by atoms with Crippen LogP contribution in [0.3, 0.4) is 0 Å². The molecule has 0 aliphatic rings. The minimum Gasteiger partial charge on any atom is -0.380 e. The van der Waals surface area contributed by atoms with Crippen LogP contribution in [-0.2, 0) is 6.54 Å². The maximum absolute atomic E-state index is 13.0. The first-order chi connectivity index (χ1) is 12.7. The molecular weight excluding hydrogens is 329 g/mol. The Bertz CT molecular complexity index is 1120. The van der Waals surface area contributed by atoms with E-state index in [1.807, 2.05) is 48.5 Å². The molecule has 0 spiro atoms. The molecule has 4 rings (SSSR count). The van der Waals surface area contributed by atoms with Crippen LogP contribution in [0.15, 0.2) is 77.6 Å². The van der Waals surface area contributed by atoms with E-state index >= 15 is 0 Å². The van der Waals surface area contributed by atoms with Gasteiger partial charge in [-0.15, -0.1) is 0 Å². The van der Waals surface area contributed by atoms with Gasteiger partial charge in [0.25, 0.3) is 5.56 Å². The lowest BCUT2D eigenvalue weighted by molar-refractivity contribution is 0.627. The number of aromatic nitrogens is 2. The number of hydrogen-bond donors (Lipinski definition) is 2. The Morgan fingerprint density at radius 2 is 1.65 bits per heavy atom. The molecule has 0 aliphatic carbocycles. The maximum atomic E-state index is 13.0. The van der Waals surface area contributed by atoms with Crippen molar-refractivity contribution >= 4 is 16.7 Å². The summed E-state index contributed by atoms with van der Waals surface area (Å²) in [7, 11) is 0. The molecule has 4 aromatic rings. The Morgan fingerprint density at radius 3 is 2.50 bits per heavy atom. The fraction of sp³-hybridized carbons (Fsp3) is 0.0476. The van der Waals surface area contributed by atoms with Crippen molar-refractivity contribution in [2.24, 2.45) is 0 Å². The number of rotatable bonds is 4. The second-order valence-corrected chi connectivity index (χ2v) is 5.96. The molecule has 0 saturated carbocycles. The molecule has 1 aromatic heterocycles. The van der Waals surface area contributed by atoms with Crippen molar-refractivity contribution in [3.05, 3.63) is 94.5 Å². The molecule has 0 saturated heterocycles. The van der Waals surface area contributed by atoms with Gasteiger partial charge in [0.05, 0.1) is 11.0 Å². The fourth-order valence-corrected chi connectivity index (χ4v) is 2.86. The lowest BCUT2D eigenvalue weighted by atomic mass is 10.1. The summed E-state index contributed by atoms with van der Waals surface area (Å²) in [6, 6.07) is 21.3. The fourth-order valence-electron chi connectivity index (χ4n) is 2.86. The minimum atomic E-state index is -0.263. The van der Waals surface area contributed by atoms with Gasteiger partial charge in [0.15, 0.2) is 0 Å². The number of H-pyrrole nitrogens is 1. The van der Waals surface area contributed by atoms with E-state index in [-0.39, 0.29) is 11.4 Å². The van der Waals surface area contributed by atoms with Crippen molar-refractivity contribution < 1.29 is 4.39 Å². The summed E-state index contributed by atoms with van der Waals surface area (Å²) in [6.45, 7) is 0.517. The molecule has 4 nitrogen and oxygen atoms in total. The smallest absolute Gasteiger partial charge is 0.275 e. The molecule has 2 N–H and O–H groups in total. The molecule has 0 radical (unpaired) electrons. The number of anilines is 1. The van der Waals surface area contributed by atoms with Crippen LogP contribution in [0.25, 0.3) is 22.3 Å². The zero-order valence-electron chi connectivity index (χ0n) is 13.9. The SMILES string of the molecule is O=c1[nH]c2ccccc2nc1-c1ccccc1NCc1ccc(F)cc1. The molecule has 0 aliphatic heterocycles. The molecule has 1 heterocycles. The third kappa shape index (κ3) is 3.19. The highest BCUT2D eigenvalue weighted by Crippen LogP contribution is 2.25. The molecule has 0 bridgehead atoms. The maximum Gasteiger partial charge on any atom is 0.275 e. The number of aromatic amines is 1. The standard InChI is InChI=1S/C21H16FN3O/c22-15-11-9-14(10-12-15)13-23-17-6-2-1-5-16(17)20-21(26)25-19-8-4-3-7-18(19)24-20/h1-12,23H,13H2,(H,25,26). The van der Waals surface area contributed by atoms with Gasteiger partial charge in [-0.3, -0.25) is 4.79 Å². The Labute approximate surface area is 149 Å². The van der Waals surface area contributed by atoms with Crippen LogP contribution in [0, 0.1) is 5.82 Å². The van der Waals surface area contributed by atoms with Gasteiger partial charge in [0.2, 0.25) is 0 Å². The van der Waals surface area contributed by atoms with E-state index in [2.05, 4.69) is 15.3 Å². The molecule has 3 aromatic carbocycles. The normalized spacial score (nSPS) is 10.8. The molecule has 0 fully saturated rings. The van der Waals surface area contributed by atoms with E-state index < -0.39 is 0 Å². The third-order valence-corrected chi connectivity index (χ3v) is 4.18. The van der Waals surface area contributed by atoms with E-state index in [0.29, 0.717) is 17.8 Å². The van der Waals surface area contributed by atoms with Crippen LogP contribution < -0.4 is 10.9 Å². The lowest BCUT2D eigenvalue weighted by Gasteiger charge is -2.12. The van der Waals surface area contributed by atoms with Crippen molar-refractivity contribution in [2.75, 3.05) is 5.32 Å². The summed E-state index contributed by atoms with van der Waals surface area (Å²) >= 11 is 0. The van der Waals surface area contributed by atoms with Gasteiger partial charge in [-0.25, -0.2) is 9.37 Å². The predicted octanol–water partition coefficient (Wildman–Crippen LogP) is 4.34. The summed E-state index contributed by atoms with van der Waals surface area (Å²) in [4.78, 5) is 19.9. The van der Waals surface area contributed by atoms with Crippen LogP contribution in [0.1, 0.15) is 5.56 Å². The largest absolute Gasteiger partial charge is 0.380 e. The van der Waals surface area contributed by atoms with Gasteiger partial charge in [-0.2, -0.15) is 0 Å². The van der Waals surface area contributed by atoms with E-state index in [9.17, 15) is 9.18 Å². The molecule has 26 heavy (non-hydrogen) atoms. The number of hydrogen-bond acceptors (Lipinski definition) is 3. The Balaban J connectivity index is 1.70. The van der Waals surface area contributed by atoms with Crippen molar-refractivity contribution in [1.29, 1.82) is 0 Å². The Kier molecular flexibility index (Phi) is 4.19. The van der Waals surface area contributed by atoms with Crippen molar-refractivity contribution in [3.63, 3.8) is 0 Å². The number of nitrogens with one attached hydrogen (secondary N) is 2. The second-order valence-electron chi connectivity index (χ2n) is 5.96. The summed E-state index contributed by atoms with van der Waals surface area (Å²) < 4.78 is 13.0. The van der Waals surface area contributed by atoms with Crippen molar-refractivity contribution in [3.8, 4) is 11.3 Å². The highest BCUT2D eigenvalue weighted by Gasteiger charge is 2.11. The molecule has 0 unspecified atom stereocenters. The first-order valence-electron chi connectivity index (χ1n) is 8.27. The van der Waals surface area contributed by atoms with Crippen LogP contribution in [0.2, 0.25) is 0 Å². The van der Waals surface area contributed by atoms with Crippen molar-refractivity contribution in [2.45, 2.75) is 6.54 Å². The van der Waals surface area contributed by atoms with Crippen LogP contribution >= 0.6 is 0 Å². The number of nitrogens with zero attached hydrogens (tertiary/aromatic N) is 1. The zero-order valence-corrected chi connectivity index (χ0v) is 13.9. The first kappa shape index (κ1) is 16.0. The van der Waals surface area contributed by atoms with E-state index in [1.165, 1.54) is 12.1 Å². The van der Waals surface area contributed by atoms with Gasteiger partial charge in [0, 0.05) is 17.8 Å². The van der Waals surface area contributed by atoms with E-state index in [1.54, 1.807) is 12.1 Å². The van der Waals surface area contributed by atoms with Gasteiger partial charge in [0.1, 0.15) is 11.5 Å². The van der Waals surface area contributed by atoms with Gasteiger partial charge >= 0.3 is 0 Å². The first-order valence-corrected chi connectivity index (χ1v) is 8.27. The van der Waals surface area contributed by atoms with Crippen molar-refractivity contribution in [1.82, 2.24) is 9.97 Å². The van der Waals surface area contributed by atoms with Crippen LogP contribution in [-0.4, -0.2) is 9.97 Å². The van der Waals surface area contributed by atoms with Crippen LogP contribution in [0.5, 0.6) is 0 Å². The van der Waals surface area contributed by atoms with Crippen LogP contribution in [0.4, 0.5) is 10.1 Å². The Morgan fingerprint density at radius 1 is 0.923 bits per heavy atom. The summed E-state index contributed by atoms with van der Waals surface area (Å²) in [5, 5.41) is 3.31. The summed E-state index contributed by atoms with van der Waals surface area (Å²) in [5.41, 5.74) is 4.03. The summed E-state index contributed by atoms with van der Waals surface area (Å²) in [5.74, 6) is -0.263. The quantitative estimate of drug-likeness (QED) is 0.578. The van der Waals surface area contributed by atoms with E-state index in [4.69, 9.17) is 0 Å². The average molecular weight is 345 g/mol. The number of fused-ring (bicyclic) bond motifs is 1. The number of halogens is 1. The Hall–Kier alpha value is -3.47. The van der Waals surface area contributed by atoms with Gasteiger partial charge in [-0.05, 0) is 35.9 Å². The molecule has 128 valence electrons. The third-order valence-electron chi connectivity index (χ3n) is 4.18.